The number of hydrazine groups is 1. The Morgan fingerprint density at radius 1 is 1.50 bits per heavy atom. The lowest BCUT2D eigenvalue weighted by Gasteiger charge is -2.24. The van der Waals surface area contributed by atoms with Gasteiger partial charge in [0, 0.05) is 0 Å². The summed E-state index contributed by atoms with van der Waals surface area (Å²) < 4.78 is 12.9. The van der Waals surface area contributed by atoms with Crippen molar-refractivity contribution in [2.45, 2.75) is 51.5 Å². The summed E-state index contributed by atoms with van der Waals surface area (Å²) in [6, 6.07) is 0. The topological polar surface area (TPSA) is 56.5 Å². The van der Waals surface area contributed by atoms with E-state index in [1.807, 2.05) is 13.8 Å². The van der Waals surface area contributed by atoms with E-state index in [1.165, 1.54) is 0 Å². The van der Waals surface area contributed by atoms with Crippen LogP contribution in [0.15, 0.2) is 0 Å². The van der Waals surface area contributed by atoms with E-state index in [1.54, 1.807) is 0 Å². The lowest BCUT2D eigenvalue weighted by atomic mass is 9.77. The molecule has 0 radical (unpaired) electrons. The summed E-state index contributed by atoms with van der Waals surface area (Å²) >= 11 is 2.41. The predicted molar refractivity (Wildman–Crippen MR) is 75.8 cm³/mol. The molecule has 1 aliphatic heterocycles. The van der Waals surface area contributed by atoms with Gasteiger partial charge in [0.25, 0.3) is 0 Å². The summed E-state index contributed by atoms with van der Waals surface area (Å²) in [6.07, 6.45) is 2.55. The highest BCUT2D eigenvalue weighted by atomic mass is 127. The Kier molecular flexibility index (Phi) is 6.00. The largest absolute Gasteiger partial charge is 0.345 e. The van der Waals surface area contributed by atoms with Gasteiger partial charge in [0.1, 0.15) is 0 Å². The van der Waals surface area contributed by atoms with Crippen LogP contribution in [0.4, 0.5) is 0 Å². The van der Waals surface area contributed by atoms with Gasteiger partial charge in [-0.2, -0.15) is 0 Å². The fourth-order valence-electron chi connectivity index (χ4n) is 2.33. The van der Waals surface area contributed by atoms with Crippen molar-refractivity contribution >= 4 is 30.0 Å². The van der Waals surface area contributed by atoms with E-state index < -0.39 is 5.79 Å². The average molecular weight is 340 g/mol. The Bertz CT molecular complexity index is 219. The van der Waals surface area contributed by atoms with Crippen LogP contribution in [0, 0.1) is 5.92 Å². The van der Waals surface area contributed by atoms with E-state index in [0.717, 1.165) is 24.6 Å². The van der Waals surface area contributed by atoms with Gasteiger partial charge in [-0.05, 0) is 37.5 Å². The van der Waals surface area contributed by atoms with Gasteiger partial charge in [0.2, 0.25) is 7.41 Å². The molecule has 0 aromatic carbocycles. The Morgan fingerprint density at radius 2 is 2.19 bits per heavy atom. The van der Waals surface area contributed by atoms with Crippen LogP contribution in [0.1, 0.15) is 27.2 Å². The zero-order valence-electron chi connectivity index (χ0n) is 10.3. The quantitative estimate of drug-likeness (QED) is 0.251. The minimum absolute atomic E-state index is 0.167. The van der Waals surface area contributed by atoms with Crippen molar-refractivity contribution in [1.82, 2.24) is 5.34 Å². The average Bonchev–Trinajstić information content (AvgIpc) is 2.47. The van der Waals surface area contributed by atoms with Crippen LogP contribution in [0.25, 0.3) is 0 Å². The number of nitrogens with one attached hydrogen (secondary N) is 1. The molecule has 94 valence electrons. The zero-order chi connectivity index (χ0) is 12.2. The summed E-state index contributed by atoms with van der Waals surface area (Å²) in [6.45, 7) is 6.05. The number of hydrogen-bond donors (Lipinski definition) is 2. The van der Waals surface area contributed by atoms with Gasteiger partial charge < -0.3 is 14.8 Å². The third-order valence-corrected chi connectivity index (χ3v) is 3.58. The first-order valence-corrected chi connectivity index (χ1v) is 7.38. The van der Waals surface area contributed by atoms with E-state index in [2.05, 4.69) is 34.9 Å². The van der Waals surface area contributed by atoms with Crippen LogP contribution >= 0.6 is 22.6 Å². The summed E-state index contributed by atoms with van der Waals surface area (Å²) in [5, 5.41) is 2.72. The van der Waals surface area contributed by atoms with Gasteiger partial charge in [0.15, 0.2) is 5.79 Å². The number of halogens is 1. The van der Waals surface area contributed by atoms with Gasteiger partial charge in [-0.1, -0.05) is 28.9 Å². The van der Waals surface area contributed by atoms with Gasteiger partial charge >= 0.3 is 0 Å². The van der Waals surface area contributed by atoms with Crippen molar-refractivity contribution in [3.8, 4) is 0 Å². The fourth-order valence-corrected chi connectivity index (χ4v) is 3.13. The highest BCUT2D eigenvalue weighted by Gasteiger charge is 2.42. The molecular formula is C10H22BIN2O2. The summed E-state index contributed by atoms with van der Waals surface area (Å²) in [7, 11) is 0.828. The number of ether oxygens (including phenoxy) is 2. The van der Waals surface area contributed by atoms with Crippen LogP contribution in [0.5, 0.6) is 0 Å². The number of hydrogen-bond acceptors (Lipinski definition) is 4. The van der Waals surface area contributed by atoms with Crippen LogP contribution in [0.2, 0.25) is 6.32 Å². The van der Waals surface area contributed by atoms with E-state index in [-0.39, 0.29) is 12.2 Å². The molecule has 0 saturated carbocycles. The van der Waals surface area contributed by atoms with Gasteiger partial charge in [-0.25, -0.2) is 0 Å². The predicted octanol–water partition coefficient (Wildman–Crippen LogP) is 1.20. The molecule has 1 saturated heterocycles. The number of nitrogens with two attached hydrogens (primary N) is 1. The molecule has 6 heteroatoms. The number of alkyl halides is 1. The lowest BCUT2D eigenvalue weighted by Crippen LogP contribution is -2.35. The molecule has 1 heterocycles. The lowest BCUT2D eigenvalue weighted by molar-refractivity contribution is -0.148. The maximum Gasteiger partial charge on any atom is 0.219 e. The third-order valence-electron chi connectivity index (χ3n) is 2.96. The van der Waals surface area contributed by atoms with Crippen molar-refractivity contribution in [2.75, 3.05) is 4.43 Å². The Hall–Kier alpha value is 0.635. The third kappa shape index (κ3) is 4.14. The first-order valence-electron chi connectivity index (χ1n) is 5.85. The molecule has 3 N–H and O–H groups in total. The van der Waals surface area contributed by atoms with Gasteiger partial charge in [-0.15, -0.1) is 0 Å². The summed E-state index contributed by atoms with van der Waals surface area (Å²) in [5.74, 6) is 5.41. The first kappa shape index (κ1) is 14.7. The Morgan fingerprint density at radius 3 is 2.62 bits per heavy atom. The van der Waals surface area contributed by atoms with Gasteiger partial charge in [0.05, 0.1) is 12.2 Å². The Labute approximate surface area is 112 Å². The maximum atomic E-state index is 5.98. The molecule has 1 unspecified atom stereocenters. The van der Waals surface area contributed by atoms with Crippen LogP contribution in [0.3, 0.4) is 0 Å². The SMILES string of the molecule is CC1OC(C)(C)O[C@H]1[C@@H](CBNN)CCI. The molecular weight excluding hydrogens is 318 g/mol. The van der Waals surface area contributed by atoms with Crippen molar-refractivity contribution < 1.29 is 9.47 Å². The van der Waals surface area contributed by atoms with Crippen LogP contribution < -0.4 is 11.2 Å². The first-order chi connectivity index (χ1) is 7.50. The van der Waals surface area contributed by atoms with Crippen molar-refractivity contribution in [1.29, 1.82) is 0 Å². The van der Waals surface area contributed by atoms with E-state index in [0.29, 0.717) is 5.92 Å². The van der Waals surface area contributed by atoms with Crippen molar-refractivity contribution in [3.05, 3.63) is 0 Å². The fraction of sp³-hybridized carbons (Fsp3) is 1.00. The molecule has 0 aromatic heterocycles. The Balaban J connectivity index is 2.56. The molecule has 0 bridgehead atoms. The molecule has 16 heavy (non-hydrogen) atoms. The molecule has 0 spiro atoms. The van der Waals surface area contributed by atoms with E-state index in [9.17, 15) is 0 Å². The monoisotopic (exact) mass is 340 g/mol. The van der Waals surface area contributed by atoms with Crippen LogP contribution in [-0.4, -0.2) is 29.8 Å². The molecule has 3 atom stereocenters. The molecule has 1 fully saturated rings. The zero-order valence-corrected chi connectivity index (χ0v) is 12.5. The number of rotatable bonds is 6. The molecule has 1 rings (SSSR count). The minimum Gasteiger partial charge on any atom is -0.345 e. The van der Waals surface area contributed by atoms with E-state index in [4.69, 9.17) is 15.3 Å². The highest BCUT2D eigenvalue weighted by molar-refractivity contribution is 14.1. The standard InChI is InChI=1S/C10H22BIN2O2/c1-7-9(16-10(2,3)15-7)8(4-5-12)6-11-14-13/h7-9,11,14H,4-6,13H2,1-3H3/t7?,8-,9-/m1/s1. The van der Waals surface area contributed by atoms with Crippen molar-refractivity contribution in [3.63, 3.8) is 0 Å². The normalized spacial score (nSPS) is 30.3. The summed E-state index contributed by atoms with van der Waals surface area (Å²) in [4.78, 5) is 0. The second-order valence-corrected chi connectivity index (χ2v) is 5.86. The maximum absolute atomic E-state index is 5.98. The van der Waals surface area contributed by atoms with Crippen molar-refractivity contribution in [2.24, 2.45) is 11.8 Å². The summed E-state index contributed by atoms with van der Waals surface area (Å²) in [5.41, 5.74) is 0. The molecule has 0 aliphatic carbocycles. The van der Waals surface area contributed by atoms with Crippen LogP contribution in [-0.2, 0) is 9.47 Å². The molecule has 4 nitrogen and oxygen atoms in total. The smallest absolute Gasteiger partial charge is 0.219 e. The van der Waals surface area contributed by atoms with Gasteiger partial charge in [-0.3, -0.25) is 5.84 Å². The highest BCUT2D eigenvalue weighted by Crippen LogP contribution is 2.34. The molecule has 1 aliphatic rings. The molecule has 0 aromatic rings. The molecule has 0 amide bonds. The minimum atomic E-state index is -0.441. The second-order valence-electron chi connectivity index (χ2n) is 4.79. The second kappa shape index (κ2) is 6.54. The van der Waals surface area contributed by atoms with E-state index >= 15 is 0 Å².